The first kappa shape index (κ1) is 16.5. The second-order valence-corrected chi connectivity index (χ2v) is 6.74. The molecule has 1 atom stereocenters. The maximum atomic E-state index is 5.86. The van der Waals surface area contributed by atoms with E-state index in [4.69, 9.17) is 4.74 Å². The van der Waals surface area contributed by atoms with Gasteiger partial charge in [-0.3, -0.25) is 0 Å². The van der Waals surface area contributed by atoms with Crippen molar-refractivity contribution >= 4 is 0 Å². The molecule has 1 aliphatic carbocycles. The summed E-state index contributed by atoms with van der Waals surface area (Å²) in [6.45, 7) is 9.94. The van der Waals surface area contributed by atoms with Crippen LogP contribution in [0.4, 0.5) is 0 Å². The first-order chi connectivity index (χ1) is 10.0. The summed E-state index contributed by atoms with van der Waals surface area (Å²) in [7, 11) is 1.88. The zero-order valence-corrected chi connectivity index (χ0v) is 14.4. The lowest BCUT2D eigenvalue weighted by atomic mass is 9.74. The van der Waals surface area contributed by atoms with E-state index < -0.39 is 0 Å². The fraction of sp³-hybridized carbons (Fsp3) is 0.684. The average Bonchev–Trinajstić information content (AvgIpc) is 2.42. The summed E-state index contributed by atoms with van der Waals surface area (Å²) in [5, 5.41) is 3.75. The van der Waals surface area contributed by atoms with Gasteiger partial charge < -0.3 is 10.1 Å². The van der Waals surface area contributed by atoms with E-state index in [1.165, 1.54) is 47.9 Å². The smallest absolute Gasteiger partial charge is 0.0697 e. The fourth-order valence-electron chi connectivity index (χ4n) is 3.40. The molecule has 2 heteroatoms. The summed E-state index contributed by atoms with van der Waals surface area (Å²) in [4.78, 5) is 0. The fourth-order valence-corrected chi connectivity index (χ4v) is 3.40. The first-order valence-corrected chi connectivity index (χ1v) is 8.37. The van der Waals surface area contributed by atoms with Crippen molar-refractivity contribution in [2.45, 2.75) is 71.4 Å². The molecule has 2 nitrogen and oxygen atoms in total. The van der Waals surface area contributed by atoms with E-state index >= 15 is 0 Å². The Bertz CT molecular complexity index is 471. The number of benzene rings is 1. The van der Waals surface area contributed by atoms with Gasteiger partial charge in [-0.1, -0.05) is 19.1 Å². The van der Waals surface area contributed by atoms with Crippen molar-refractivity contribution in [3.05, 3.63) is 34.4 Å². The van der Waals surface area contributed by atoms with Crippen LogP contribution in [0.3, 0.4) is 0 Å². The van der Waals surface area contributed by atoms with Crippen LogP contribution in [0.1, 0.15) is 67.3 Å². The van der Waals surface area contributed by atoms with Crippen molar-refractivity contribution in [3.63, 3.8) is 0 Å². The molecule has 0 aliphatic heterocycles. The minimum absolute atomic E-state index is 0.108. The van der Waals surface area contributed by atoms with Crippen LogP contribution < -0.4 is 5.32 Å². The highest BCUT2D eigenvalue weighted by atomic mass is 16.5. The van der Waals surface area contributed by atoms with Crippen LogP contribution in [-0.2, 0) is 4.74 Å². The van der Waals surface area contributed by atoms with Gasteiger partial charge >= 0.3 is 0 Å². The molecule has 0 spiro atoms. The molecule has 0 saturated heterocycles. The van der Waals surface area contributed by atoms with E-state index in [1.54, 1.807) is 0 Å². The minimum atomic E-state index is 0.108. The molecule has 1 aromatic rings. The van der Waals surface area contributed by atoms with Crippen LogP contribution in [0.2, 0.25) is 0 Å². The number of rotatable bonds is 7. The normalized spacial score (nSPS) is 18.3. The number of hydrogen-bond donors (Lipinski definition) is 1. The van der Waals surface area contributed by atoms with Crippen molar-refractivity contribution in [1.82, 2.24) is 5.32 Å². The van der Waals surface area contributed by atoms with Crippen molar-refractivity contribution in [3.8, 4) is 0 Å². The molecule has 1 fully saturated rings. The van der Waals surface area contributed by atoms with Gasteiger partial charge in [-0.2, -0.15) is 0 Å². The third-order valence-corrected chi connectivity index (χ3v) is 5.17. The van der Waals surface area contributed by atoms with Crippen LogP contribution >= 0.6 is 0 Å². The van der Waals surface area contributed by atoms with Crippen molar-refractivity contribution in [2.75, 3.05) is 13.7 Å². The Labute approximate surface area is 130 Å². The molecule has 0 amide bonds. The van der Waals surface area contributed by atoms with Crippen LogP contribution in [0.25, 0.3) is 0 Å². The molecule has 0 bridgehead atoms. The van der Waals surface area contributed by atoms with E-state index in [0.29, 0.717) is 6.04 Å². The zero-order chi connectivity index (χ0) is 15.5. The van der Waals surface area contributed by atoms with E-state index in [0.717, 1.165) is 13.0 Å². The van der Waals surface area contributed by atoms with Crippen LogP contribution in [0.15, 0.2) is 12.1 Å². The highest BCUT2D eigenvalue weighted by molar-refractivity contribution is 5.38. The third kappa shape index (κ3) is 3.67. The van der Waals surface area contributed by atoms with Crippen LogP contribution in [-0.4, -0.2) is 19.3 Å². The van der Waals surface area contributed by atoms with Gasteiger partial charge in [0.2, 0.25) is 0 Å². The number of ether oxygens (including phenoxy) is 1. The molecule has 0 aromatic heterocycles. The molecule has 2 rings (SSSR count). The van der Waals surface area contributed by atoms with Gasteiger partial charge in [-0.15, -0.1) is 0 Å². The standard InChI is InChI=1S/C19H31NO/c1-6-10-20-18(13-19(21-5)8-7-9-19)17-12-15(3)14(2)11-16(17)4/h11-12,18,20H,6-10,13H2,1-5H3. The van der Waals surface area contributed by atoms with E-state index in [9.17, 15) is 0 Å². The highest BCUT2D eigenvalue weighted by Gasteiger charge is 2.39. The topological polar surface area (TPSA) is 21.3 Å². The summed E-state index contributed by atoms with van der Waals surface area (Å²) in [6.07, 6.45) is 5.98. The van der Waals surface area contributed by atoms with Gasteiger partial charge in [0.1, 0.15) is 0 Å². The lowest BCUT2D eigenvalue weighted by Crippen LogP contribution is -2.43. The predicted octanol–water partition coefficient (Wildman–Crippen LogP) is 4.61. The number of methoxy groups -OCH3 is 1. The molecule has 1 unspecified atom stereocenters. The third-order valence-electron chi connectivity index (χ3n) is 5.17. The van der Waals surface area contributed by atoms with Crippen molar-refractivity contribution < 1.29 is 4.74 Å². The van der Waals surface area contributed by atoms with E-state index in [2.05, 4.69) is 45.1 Å². The van der Waals surface area contributed by atoms with Crippen molar-refractivity contribution in [2.24, 2.45) is 0 Å². The van der Waals surface area contributed by atoms with Gasteiger partial charge in [-0.25, -0.2) is 0 Å². The summed E-state index contributed by atoms with van der Waals surface area (Å²) >= 11 is 0. The molecule has 0 heterocycles. The Kier molecular flexibility index (Phi) is 5.45. The number of hydrogen-bond acceptors (Lipinski definition) is 2. The summed E-state index contributed by atoms with van der Waals surface area (Å²) < 4.78 is 5.86. The molecule has 21 heavy (non-hydrogen) atoms. The molecular formula is C19H31NO. The molecule has 1 aliphatic rings. The van der Waals surface area contributed by atoms with Gasteiger partial charge in [0.15, 0.2) is 0 Å². The van der Waals surface area contributed by atoms with Gasteiger partial charge in [0.05, 0.1) is 5.60 Å². The zero-order valence-electron chi connectivity index (χ0n) is 14.4. The molecule has 1 aromatic carbocycles. The molecular weight excluding hydrogens is 258 g/mol. The second kappa shape index (κ2) is 6.93. The summed E-state index contributed by atoms with van der Waals surface area (Å²) in [5.41, 5.74) is 5.73. The van der Waals surface area contributed by atoms with Crippen LogP contribution in [0, 0.1) is 20.8 Å². The lowest BCUT2D eigenvalue weighted by molar-refractivity contribution is -0.0838. The summed E-state index contributed by atoms with van der Waals surface area (Å²) in [5.74, 6) is 0. The predicted molar refractivity (Wildman–Crippen MR) is 89.9 cm³/mol. The molecule has 1 N–H and O–H groups in total. The first-order valence-electron chi connectivity index (χ1n) is 8.37. The number of nitrogens with one attached hydrogen (secondary N) is 1. The molecule has 0 radical (unpaired) electrons. The van der Waals surface area contributed by atoms with E-state index in [-0.39, 0.29) is 5.60 Å². The minimum Gasteiger partial charge on any atom is -0.378 e. The van der Waals surface area contributed by atoms with Gasteiger partial charge in [0, 0.05) is 13.2 Å². The Balaban J connectivity index is 2.25. The maximum Gasteiger partial charge on any atom is 0.0697 e. The average molecular weight is 289 g/mol. The van der Waals surface area contributed by atoms with Crippen LogP contribution in [0.5, 0.6) is 0 Å². The van der Waals surface area contributed by atoms with Gasteiger partial charge in [0.25, 0.3) is 0 Å². The lowest BCUT2D eigenvalue weighted by Gasteiger charge is -2.43. The van der Waals surface area contributed by atoms with E-state index in [1.807, 2.05) is 7.11 Å². The largest absolute Gasteiger partial charge is 0.378 e. The number of aryl methyl sites for hydroxylation is 3. The maximum absolute atomic E-state index is 5.86. The highest BCUT2D eigenvalue weighted by Crippen LogP contribution is 2.42. The SMILES string of the molecule is CCCNC(CC1(OC)CCC1)c1cc(C)c(C)cc1C. The van der Waals surface area contributed by atoms with Crippen molar-refractivity contribution in [1.29, 1.82) is 0 Å². The Hall–Kier alpha value is -0.860. The monoisotopic (exact) mass is 289 g/mol. The second-order valence-electron chi connectivity index (χ2n) is 6.74. The molecule has 1 saturated carbocycles. The summed E-state index contributed by atoms with van der Waals surface area (Å²) in [6, 6.07) is 5.11. The Morgan fingerprint density at radius 1 is 1.14 bits per heavy atom. The Morgan fingerprint density at radius 3 is 2.33 bits per heavy atom. The quantitative estimate of drug-likeness (QED) is 0.791. The Morgan fingerprint density at radius 2 is 1.81 bits per heavy atom. The molecule has 118 valence electrons. The van der Waals surface area contributed by atoms with Gasteiger partial charge in [-0.05, 0) is 81.7 Å².